The zero-order valence-corrected chi connectivity index (χ0v) is 11.3. The van der Waals surface area contributed by atoms with Crippen LogP contribution in [0.25, 0.3) is 0 Å². The summed E-state index contributed by atoms with van der Waals surface area (Å²) in [6.45, 7) is 5.06. The molecule has 2 atom stereocenters. The van der Waals surface area contributed by atoms with Crippen molar-refractivity contribution in [2.75, 3.05) is 13.1 Å². The topological polar surface area (TPSA) is 53.4 Å². The third-order valence-electron chi connectivity index (χ3n) is 4.00. The van der Waals surface area contributed by atoms with Crippen molar-refractivity contribution in [3.05, 3.63) is 29.8 Å². The smallest absolute Gasteiger partial charge is 0.310 e. The van der Waals surface area contributed by atoms with Crippen LogP contribution >= 0.6 is 0 Å². The second kappa shape index (κ2) is 5.25. The zero-order chi connectivity index (χ0) is 14.0. The van der Waals surface area contributed by atoms with Crippen molar-refractivity contribution in [1.82, 2.24) is 9.88 Å². The number of hydrogen-bond donors (Lipinski definition) is 1. The van der Waals surface area contributed by atoms with Gasteiger partial charge in [-0.05, 0) is 44.9 Å². The Bertz CT molecular complexity index is 480. The van der Waals surface area contributed by atoms with Gasteiger partial charge in [0.1, 0.15) is 5.82 Å². The molecule has 104 valence electrons. The number of aromatic nitrogens is 1. The third-order valence-corrected chi connectivity index (χ3v) is 4.00. The van der Waals surface area contributed by atoms with Gasteiger partial charge in [-0.1, -0.05) is 0 Å². The van der Waals surface area contributed by atoms with Gasteiger partial charge in [-0.2, -0.15) is 0 Å². The lowest BCUT2D eigenvalue weighted by atomic mass is 9.81. The van der Waals surface area contributed by atoms with E-state index in [2.05, 4.69) is 9.88 Å². The fourth-order valence-electron chi connectivity index (χ4n) is 2.65. The fraction of sp³-hybridized carbons (Fsp3) is 0.571. The number of rotatable bonds is 3. The zero-order valence-electron chi connectivity index (χ0n) is 11.3. The SMILES string of the molecule is CC(c1cncc(F)c1)N1CCCC(C)(C(=O)O)C1. The highest BCUT2D eigenvalue weighted by Crippen LogP contribution is 2.34. The summed E-state index contributed by atoms with van der Waals surface area (Å²) >= 11 is 0. The highest BCUT2D eigenvalue weighted by atomic mass is 19.1. The molecule has 0 aliphatic carbocycles. The predicted octanol–water partition coefficient (Wildman–Crippen LogP) is 2.47. The van der Waals surface area contributed by atoms with Crippen molar-refractivity contribution in [2.45, 2.75) is 32.7 Å². The molecular formula is C14H19FN2O2. The van der Waals surface area contributed by atoms with Gasteiger partial charge in [0.25, 0.3) is 0 Å². The number of carbonyl (C=O) groups is 1. The number of likely N-dealkylation sites (tertiary alicyclic amines) is 1. The van der Waals surface area contributed by atoms with Crippen LogP contribution in [0.2, 0.25) is 0 Å². The minimum atomic E-state index is -0.762. The molecular weight excluding hydrogens is 247 g/mol. The van der Waals surface area contributed by atoms with E-state index in [1.54, 1.807) is 13.1 Å². The van der Waals surface area contributed by atoms with E-state index in [4.69, 9.17) is 0 Å². The first-order valence-electron chi connectivity index (χ1n) is 6.50. The van der Waals surface area contributed by atoms with Gasteiger partial charge >= 0.3 is 5.97 Å². The van der Waals surface area contributed by atoms with Crippen LogP contribution in [0.5, 0.6) is 0 Å². The summed E-state index contributed by atoms with van der Waals surface area (Å²) in [5.41, 5.74) is 0.0717. The molecule has 1 aliphatic heterocycles. The maximum absolute atomic E-state index is 13.2. The van der Waals surface area contributed by atoms with Gasteiger partial charge in [0, 0.05) is 18.8 Å². The second-order valence-corrected chi connectivity index (χ2v) is 5.55. The van der Waals surface area contributed by atoms with E-state index in [9.17, 15) is 14.3 Å². The lowest BCUT2D eigenvalue weighted by molar-refractivity contribution is -0.151. The number of piperidine rings is 1. The number of hydrogen-bond acceptors (Lipinski definition) is 3. The van der Waals surface area contributed by atoms with Gasteiger partial charge in [0.05, 0.1) is 11.6 Å². The molecule has 2 unspecified atom stereocenters. The lowest BCUT2D eigenvalue weighted by Crippen LogP contribution is -2.46. The Labute approximate surface area is 112 Å². The summed E-state index contributed by atoms with van der Waals surface area (Å²) in [6.07, 6.45) is 4.34. The molecule has 0 aromatic carbocycles. The molecule has 0 saturated carbocycles. The van der Waals surface area contributed by atoms with Gasteiger partial charge in [0.15, 0.2) is 0 Å². The van der Waals surface area contributed by atoms with Crippen LogP contribution < -0.4 is 0 Å². The maximum atomic E-state index is 13.2. The van der Waals surface area contributed by atoms with Crippen LogP contribution in [0.3, 0.4) is 0 Å². The van der Waals surface area contributed by atoms with Crippen LogP contribution in [0, 0.1) is 11.2 Å². The molecule has 1 aromatic heterocycles. The van der Waals surface area contributed by atoms with Crippen LogP contribution in [0.15, 0.2) is 18.5 Å². The highest BCUT2D eigenvalue weighted by molar-refractivity contribution is 5.74. The molecule has 2 rings (SSSR count). The summed E-state index contributed by atoms with van der Waals surface area (Å²) in [4.78, 5) is 17.3. The number of pyridine rings is 1. The molecule has 4 nitrogen and oxygen atoms in total. The second-order valence-electron chi connectivity index (χ2n) is 5.55. The van der Waals surface area contributed by atoms with Crippen molar-refractivity contribution in [2.24, 2.45) is 5.41 Å². The number of nitrogens with zero attached hydrogens (tertiary/aromatic N) is 2. The van der Waals surface area contributed by atoms with Gasteiger partial charge in [0.2, 0.25) is 0 Å². The minimum Gasteiger partial charge on any atom is -0.481 e. The summed E-state index contributed by atoms with van der Waals surface area (Å²) in [5, 5.41) is 9.31. The molecule has 19 heavy (non-hydrogen) atoms. The number of aliphatic carboxylic acids is 1. The molecule has 1 aliphatic rings. The van der Waals surface area contributed by atoms with Gasteiger partial charge in [-0.25, -0.2) is 4.39 Å². The Balaban J connectivity index is 2.15. The van der Waals surface area contributed by atoms with Crippen LogP contribution in [-0.4, -0.2) is 34.0 Å². The maximum Gasteiger partial charge on any atom is 0.310 e. The highest BCUT2D eigenvalue weighted by Gasteiger charge is 2.39. The normalized spacial score (nSPS) is 26.1. The molecule has 2 heterocycles. The van der Waals surface area contributed by atoms with Crippen molar-refractivity contribution >= 4 is 5.97 Å². The van der Waals surface area contributed by atoms with Crippen molar-refractivity contribution in [1.29, 1.82) is 0 Å². The summed E-state index contributed by atoms with van der Waals surface area (Å²) in [7, 11) is 0. The first-order valence-corrected chi connectivity index (χ1v) is 6.50. The number of carboxylic acid groups (broad SMARTS) is 1. The largest absolute Gasteiger partial charge is 0.481 e. The van der Waals surface area contributed by atoms with E-state index in [-0.39, 0.29) is 11.9 Å². The summed E-state index contributed by atoms with van der Waals surface area (Å²) in [6, 6.07) is 1.44. The lowest BCUT2D eigenvalue weighted by Gasteiger charge is -2.40. The summed E-state index contributed by atoms with van der Waals surface area (Å²) in [5.74, 6) is -1.12. The molecule has 1 saturated heterocycles. The molecule has 0 amide bonds. The molecule has 1 aromatic rings. The van der Waals surface area contributed by atoms with E-state index in [0.717, 1.165) is 18.5 Å². The van der Waals surface area contributed by atoms with E-state index in [1.165, 1.54) is 12.3 Å². The monoisotopic (exact) mass is 266 g/mol. The Morgan fingerprint density at radius 2 is 2.32 bits per heavy atom. The number of carboxylic acids is 1. The van der Waals surface area contributed by atoms with Gasteiger partial charge in [-0.15, -0.1) is 0 Å². The van der Waals surface area contributed by atoms with Gasteiger partial charge in [-0.3, -0.25) is 14.7 Å². The Hall–Kier alpha value is -1.49. The third kappa shape index (κ3) is 2.92. The van der Waals surface area contributed by atoms with Crippen LogP contribution in [0.4, 0.5) is 4.39 Å². The minimum absolute atomic E-state index is 0.0258. The van der Waals surface area contributed by atoms with Crippen LogP contribution in [0.1, 0.15) is 38.3 Å². The van der Waals surface area contributed by atoms with Gasteiger partial charge < -0.3 is 5.11 Å². The van der Waals surface area contributed by atoms with E-state index >= 15 is 0 Å². The van der Waals surface area contributed by atoms with Crippen molar-refractivity contribution in [3.8, 4) is 0 Å². The first-order chi connectivity index (χ1) is 8.92. The average Bonchev–Trinajstić information content (AvgIpc) is 2.38. The van der Waals surface area contributed by atoms with Crippen molar-refractivity contribution < 1.29 is 14.3 Å². The standard InChI is InChI=1S/C14H19FN2O2/c1-10(11-6-12(15)8-16-7-11)17-5-3-4-14(2,9-17)13(18)19/h6-8,10H,3-5,9H2,1-2H3,(H,18,19). The molecule has 1 N–H and O–H groups in total. The quantitative estimate of drug-likeness (QED) is 0.913. The van der Waals surface area contributed by atoms with E-state index in [0.29, 0.717) is 13.0 Å². The Morgan fingerprint density at radius 3 is 2.95 bits per heavy atom. The van der Waals surface area contributed by atoms with Crippen molar-refractivity contribution in [3.63, 3.8) is 0 Å². The fourth-order valence-corrected chi connectivity index (χ4v) is 2.65. The first kappa shape index (κ1) is 13.9. The number of halogens is 1. The molecule has 0 spiro atoms. The molecule has 5 heteroatoms. The summed E-state index contributed by atoms with van der Waals surface area (Å²) < 4.78 is 13.2. The van der Waals surface area contributed by atoms with E-state index < -0.39 is 11.4 Å². The van der Waals surface area contributed by atoms with Crippen LogP contribution in [-0.2, 0) is 4.79 Å². The Morgan fingerprint density at radius 1 is 1.58 bits per heavy atom. The average molecular weight is 266 g/mol. The molecule has 1 fully saturated rings. The Kier molecular flexibility index (Phi) is 3.85. The molecule has 0 radical (unpaired) electrons. The predicted molar refractivity (Wildman–Crippen MR) is 69.2 cm³/mol. The molecule has 0 bridgehead atoms. The van der Waals surface area contributed by atoms with E-state index in [1.807, 2.05) is 6.92 Å².